The molecule has 0 aliphatic rings. The molecule has 4 rings (SSSR count). The number of esters is 1. The maximum absolute atomic E-state index is 13.2. The highest BCUT2D eigenvalue weighted by atomic mass is 35.5. The molecule has 1 aromatic heterocycles. The Bertz CT molecular complexity index is 1360. The van der Waals surface area contributed by atoms with Crippen LogP contribution in [-0.2, 0) is 4.74 Å². The molecule has 0 atom stereocenters. The number of para-hydroxylation sites is 1. The van der Waals surface area contributed by atoms with Gasteiger partial charge in [-0.2, -0.15) is 0 Å². The van der Waals surface area contributed by atoms with E-state index in [4.69, 9.17) is 21.3 Å². The van der Waals surface area contributed by atoms with E-state index in [1.165, 1.54) is 0 Å². The third-order valence-corrected chi connectivity index (χ3v) is 5.84. The summed E-state index contributed by atoms with van der Waals surface area (Å²) in [4.78, 5) is 30.5. The van der Waals surface area contributed by atoms with Crippen LogP contribution in [0.1, 0.15) is 37.4 Å². The summed E-state index contributed by atoms with van der Waals surface area (Å²) in [7, 11) is 0. The quantitative estimate of drug-likeness (QED) is 0.260. The number of fused-ring (bicyclic) bond motifs is 1. The van der Waals surface area contributed by atoms with Crippen LogP contribution in [0.4, 0.5) is 0 Å². The number of aryl methyl sites for hydroxylation is 2. The molecule has 4 aromatic rings. The van der Waals surface area contributed by atoms with Crippen LogP contribution in [0.2, 0.25) is 5.02 Å². The van der Waals surface area contributed by atoms with Crippen LogP contribution in [-0.4, -0.2) is 23.3 Å². The van der Waals surface area contributed by atoms with Crippen LogP contribution in [0.5, 0.6) is 0 Å². The van der Waals surface area contributed by atoms with Crippen molar-refractivity contribution in [3.63, 3.8) is 0 Å². The molecule has 0 saturated heterocycles. The van der Waals surface area contributed by atoms with Crippen molar-refractivity contribution in [1.82, 2.24) is 4.98 Å². The Kier molecular flexibility index (Phi) is 6.06. The van der Waals surface area contributed by atoms with E-state index in [-0.39, 0.29) is 12.4 Å². The van der Waals surface area contributed by atoms with Gasteiger partial charge >= 0.3 is 5.97 Å². The summed E-state index contributed by atoms with van der Waals surface area (Å²) in [5.41, 5.74) is 5.85. The maximum atomic E-state index is 13.2. The van der Waals surface area contributed by atoms with E-state index in [1.807, 2.05) is 75.4 Å². The second-order valence-corrected chi connectivity index (χ2v) is 8.22. The molecular formula is C27H22ClNO3. The van der Waals surface area contributed by atoms with Crippen LogP contribution in [0.3, 0.4) is 0 Å². The molecule has 0 saturated carbocycles. The first-order valence-electron chi connectivity index (χ1n) is 10.3. The Morgan fingerprint density at radius 3 is 2.44 bits per heavy atom. The summed E-state index contributed by atoms with van der Waals surface area (Å²) in [5.74, 6) is -0.797. The number of nitrogens with zero attached hydrogens (tertiary/aromatic N) is 1. The highest BCUT2D eigenvalue weighted by Gasteiger charge is 2.21. The van der Waals surface area contributed by atoms with Crippen LogP contribution in [0.15, 0.2) is 66.7 Å². The Morgan fingerprint density at radius 1 is 0.906 bits per heavy atom. The highest BCUT2D eigenvalue weighted by Crippen LogP contribution is 2.31. The fourth-order valence-corrected chi connectivity index (χ4v) is 3.88. The number of hydrogen-bond donors (Lipinski definition) is 0. The number of halogens is 1. The molecule has 5 heteroatoms. The SMILES string of the molecule is Cc1ccc(C(=O)COC(=O)c2c(C)c(-c3cccc(Cl)c3)nc3ccccc23)cc1C. The summed E-state index contributed by atoms with van der Waals surface area (Å²) in [5, 5.41) is 1.26. The molecular weight excluding hydrogens is 422 g/mol. The van der Waals surface area contributed by atoms with Crippen molar-refractivity contribution in [2.24, 2.45) is 0 Å². The molecule has 0 radical (unpaired) electrons. The first kappa shape index (κ1) is 21.7. The van der Waals surface area contributed by atoms with E-state index >= 15 is 0 Å². The van der Waals surface area contributed by atoms with Crippen molar-refractivity contribution in [2.45, 2.75) is 20.8 Å². The fourth-order valence-electron chi connectivity index (χ4n) is 3.69. The predicted molar refractivity (Wildman–Crippen MR) is 127 cm³/mol. The normalized spacial score (nSPS) is 10.9. The molecule has 0 N–H and O–H groups in total. The second-order valence-electron chi connectivity index (χ2n) is 7.79. The van der Waals surface area contributed by atoms with Gasteiger partial charge in [-0.3, -0.25) is 4.79 Å². The lowest BCUT2D eigenvalue weighted by Gasteiger charge is -2.14. The number of pyridine rings is 1. The van der Waals surface area contributed by atoms with Crippen LogP contribution < -0.4 is 0 Å². The van der Waals surface area contributed by atoms with Gasteiger partial charge in [0.2, 0.25) is 0 Å². The van der Waals surface area contributed by atoms with E-state index in [0.717, 1.165) is 16.7 Å². The summed E-state index contributed by atoms with van der Waals surface area (Å²) >= 11 is 6.17. The smallest absolute Gasteiger partial charge is 0.339 e. The molecule has 0 spiro atoms. The molecule has 0 aliphatic carbocycles. The van der Waals surface area contributed by atoms with E-state index in [9.17, 15) is 9.59 Å². The van der Waals surface area contributed by atoms with Crippen molar-refractivity contribution in [1.29, 1.82) is 0 Å². The Morgan fingerprint density at radius 2 is 1.69 bits per heavy atom. The minimum atomic E-state index is -0.554. The maximum Gasteiger partial charge on any atom is 0.339 e. The van der Waals surface area contributed by atoms with Gasteiger partial charge in [0.15, 0.2) is 12.4 Å². The summed E-state index contributed by atoms with van der Waals surface area (Å²) in [6.45, 7) is 5.43. The Hall–Kier alpha value is -3.50. The van der Waals surface area contributed by atoms with Crippen molar-refractivity contribution < 1.29 is 14.3 Å². The van der Waals surface area contributed by atoms with Crippen molar-refractivity contribution in [2.75, 3.05) is 6.61 Å². The molecule has 0 aliphatic heterocycles. The van der Waals surface area contributed by atoms with Gasteiger partial charge in [-0.1, -0.05) is 54.1 Å². The number of carbonyl (C=O) groups is 2. The Balaban J connectivity index is 1.69. The monoisotopic (exact) mass is 443 g/mol. The lowest BCUT2D eigenvalue weighted by molar-refractivity contribution is 0.0476. The second kappa shape index (κ2) is 8.93. The number of Topliss-reactive ketones (excluding diaryl/α,β-unsaturated/α-hetero) is 1. The number of ether oxygens (including phenoxy) is 1. The van der Waals surface area contributed by atoms with Gasteiger partial charge in [0.25, 0.3) is 0 Å². The number of carbonyl (C=O) groups excluding carboxylic acids is 2. The van der Waals surface area contributed by atoms with Crippen LogP contribution >= 0.6 is 11.6 Å². The molecule has 160 valence electrons. The fraction of sp³-hybridized carbons (Fsp3) is 0.148. The third-order valence-electron chi connectivity index (χ3n) is 5.60. The van der Waals surface area contributed by atoms with Gasteiger partial charge in [-0.05, 0) is 61.7 Å². The summed E-state index contributed by atoms with van der Waals surface area (Å²) in [6.07, 6.45) is 0. The van der Waals surface area contributed by atoms with E-state index < -0.39 is 5.97 Å². The van der Waals surface area contributed by atoms with Gasteiger partial charge in [0.1, 0.15) is 0 Å². The molecule has 0 amide bonds. The molecule has 0 unspecified atom stereocenters. The molecule has 1 heterocycles. The largest absolute Gasteiger partial charge is 0.454 e. The van der Waals surface area contributed by atoms with Gasteiger partial charge < -0.3 is 4.74 Å². The Labute approximate surface area is 191 Å². The lowest BCUT2D eigenvalue weighted by Crippen LogP contribution is -2.16. The zero-order chi connectivity index (χ0) is 22.8. The average molecular weight is 444 g/mol. The molecule has 0 fully saturated rings. The number of ketones is 1. The standard InChI is InChI=1S/C27H22ClNO3/c1-16-11-12-19(13-17(16)2)24(30)15-32-27(31)25-18(3)26(20-7-6-8-21(28)14-20)29-23-10-5-4-9-22(23)25/h4-14H,15H2,1-3H3. The van der Waals surface area contributed by atoms with Gasteiger partial charge in [-0.15, -0.1) is 0 Å². The summed E-state index contributed by atoms with van der Waals surface area (Å²) < 4.78 is 5.48. The topological polar surface area (TPSA) is 56.3 Å². The van der Waals surface area contributed by atoms with Gasteiger partial charge in [0, 0.05) is 21.5 Å². The van der Waals surface area contributed by atoms with Crippen LogP contribution in [0, 0.1) is 20.8 Å². The number of rotatable bonds is 5. The third kappa shape index (κ3) is 4.27. The van der Waals surface area contributed by atoms with E-state index in [2.05, 4.69) is 0 Å². The minimum Gasteiger partial charge on any atom is -0.454 e. The number of aromatic nitrogens is 1. The lowest BCUT2D eigenvalue weighted by atomic mass is 9.98. The minimum absolute atomic E-state index is 0.243. The van der Waals surface area contributed by atoms with Crippen molar-refractivity contribution in [3.8, 4) is 11.3 Å². The molecule has 3 aromatic carbocycles. The predicted octanol–water partition coefficient (Wildman–Crippen LogP) is 6.52. The zero-order valence-electron chi connectivity index (χ0n) is 18.1. The van der Waals surface area contributed by atoms with Crippen molar-refractivity contribution in [3.05, 3.63) is 99.6 Å². The molecule has 0 bridgehead atoms. The first-order valence-corrected chi connectivity index (χ1v) is 10.7. The first-order chi connectivity index (χ1) is 15.3. The highest BCUT2D eigenvalue weighted by molar-refractivity contribution is 6.30. The summed E-state index contributed by atoms with van der Waals surface area (Å²) in [6, 6.07) is 20.2. The molecule has 32 heavy (non-hydrogen) atoms. The zero-order valence-corrected chi connectivity index (χ0v) is 18.9. The molecule has 4 nitrogen and oxygen atoms in total. The van der Waals surface area contributed by atoms with Crippen molar-refractivity contribution >= 4 is 34.3 Å². The average Bonchev–Trinajstić information content (AvgIpc) is 2.78. The van der Waals surface area contributed by atoms with E-state index in [1.54, 1.807) is 12.1 Å². The van der Waals surface area contributed by atoms with Crippen LogP contribution in [0.25, 0.3) is 22.2 Å². The number of benzene rings is 3. The van der Waals surface area contributed by atoms with E-state index in [0.29, 0.717) is 38.3 Å². The van der Waals surface area contributed by atoms with Gasteiger partial charge in [0.05, 0.1) is 16.8 Å². The van der Waals surface area contributed by atoms with Gasteiger partial charge in [-0.25, -0.2) is 9.78 Å². The number of hydrogen-bond acceptors (Lipinski definition) is 4.